The average Bonchev–Trinajstić information content (AvgIpc) is 3.37. The number of hydrogen-bond acceptors (Lipinski definition) is 5. The minimum Gasteiger partial charge on any atom is -0.324 e. The standard InChI is InChI=1S/C29H24N4OS2/c34-27(30-25-18-10-11-19-26(25)35-20-22-12-4-1-5-13-22)21-36-29-31-28(23-14-6-2-7-15-23)33(32-29)24-16-8-3-9-17-24/h1-19H,20-21H2,(H,30,34). The van der Waals surface area contributed by atoms with Gasteiger partial charge in [-0.3, -0.25) is 4.79 Å². The second-order valence-corrected chi connectivity index (χ2v) is 9.90. The number of carbonyl (C=O) groups is 1. The Morgan fingerprint density at radius 2 is 1.39 bits per heavy atom. The summed E-state index contributed by atoms with van der Waals surface area (Å²) < 4.78 is 1.82. The maximum absolute atomic E-state index is 12.8. The molecule has 0 aliphatic carbocycles. The summed E-state index contributed by atoms with van der Waals surface area (Å²) in [4.78, 5) is 18.6. The number of carbonyl (C=O) groups excluding carboxylic acids is 1. The molecule has 0 saturated carbocycles. The fraction of sp³-hybridized carbons (Fsp3) is 0.0690. The number of nitrogens with zero attached hydrogens (tertiary/aromatic N) is 3. The summed E-state index contributed by atoms with van der Waals surface area (Å²) in [5.41, 5.74) is 3.95. The molecule has 36 heavy (non-hydrogen) atoms. The first-order valence-electron chi connectivity index (χ1n) is 11.5. The highest BCUT2D eigenvalue weighted by Gasteiger charge is 2.15. The van der Waals surface area contributed by atoms with Crippen LogP contribution in [0.5, 0.6) is 0 Å². The lowest BCUT2D eigenvalue weighted by molar-refractivity contribution is -0.113. The van der Waals surface area contributed by atoms with Crippen LogP contribution in [0.4, 0.5) is 5.69 Å². The van der Waals surface area contributed by atoms with E-state index in [9.17, 15) is 4.79 Å². The molecule has 1 N–H and O–H groups in total. The third kappa shape index (κ3) is 6.05. The van der Waals surface area contributed by atoms with Crippen molar-refractivity contribution in [2.45, 2.75) is 15.8 Å². The zero-order valence-corrected chi connectivity index (χ0v) is 21.1. The lowest BCUT2D eigenvalue weighted by Crippen LogP contribution is -2.14. The lowest BCUT2D eigenvalue weighted by Gasteiger charge is -2.10. The molecule has 5 nitrogen and oxygen atoms in total. The minimum absolute atomic E-state index is 0.0925. The van der Waals surface area contributed by atoms with Crippen LogP contribution in [0.2, 0.25) is 0 Å². The molecule has 0 atom stereocenters. The van der Waals surface area contributed by atoms with Crippen LogP contribution >= 0.6 is 23.5 Å². The maximum atomic E-state index is 12.8. The zero-order chi connectivity index (χ0) is 24.6. The SMILES string of the molecule is O=C(CSc1nc(-c2ccccc2)n(-c2ccccc2)n1)Nc1ccccc1SCc1ccccc1. The van der Waals surface area contributed by atoms with Crippen LogP contribution in [0, 0.1) is 0 Å². The number of amides is 1. The minimum atomic E-state index is -0.0925. The van der Waals surface area contributed by atoms with E-state index in [1.54, 1.807) is 11.8 Å². The van der Waals surface area contributed by atoms with Gasteiger partial charge in [0.1, 0.15) is 0 Å². The largest absolute Gasteiger partial charge is 0.324 e. The number of hydrogen-bond donors (Lipinski definition) is 1. The van der Waals surface area contributed by atoms with Gasteiger partial charge in [-0.2, -0.15) is 0 Å². The van der Waals surface area contributed by atoms with E-state index in [4.69, 9.17) is 10.1 Å². The van der Waals surface area contributed by atoms with Crippen LogP contribution in [0.15, 0.2) is 125 Å². The first kappa shape index (κ1) is 23.9. The van der Waals surface area contributed by atoms with Gasteiger partial charge >= 0.3 is 0 Å². The number of para-hydroxylation sites is 2. The molecule has 7 heteroatoms. The van der Waals surface area contributed by atoms with Crippen molar-refractivity contribution in [1.82, 2.24) is 14.8 Å². The van der Waals surface area contributed by atoms with Crippen molar-refractivity contribution in [3.05, 3.63) is 121 Å². The number of nitrogens with one attached hydrogen (secondary N) is 1. The smallest absolute Gasteiger partial charge is 0.234 e. The molecular formula is C29H24N4OS2. The summed E-state index contributed by atoms with van der Waals surface area (Å²) in [5.74, 6) is 1.70. The number of rotatable bonds is 9. The predicted molar refractivity (Wildman–Crippen MR) is 149 cm³/mol. The van der Waals surface area contributed by atoms with Crippen molar-refractivity contribution in [2.24, 2.45) is 0 Å². The van der Waals surface area contributed by atoms with E-state index < -0.39 is 0 Å². The van der Waals surface area contributed by atoms with Crippen molar-refractivity contribution < 1.29 is 4.79 Å². The van der Waals surface area contributed by atoms with Crippen molar-refractivity contribution in [2.75, 3.05) is 11.1 Å². The highest BCUT2D eigenvalue weighted by molar-refractivity contribution is 7.99. The van der Waals surface area contributed by atoms with E-state index in [0.717, 1.165) is 33.4 Å². The van der Waals surface area contributed by atoms with Gasteiger partial charge in [-0.1, -0.05) is 103 Å². The molecule has 0 spiro atoms. The molecule has 5 aromatic rings. The zero-order valence-electron chi connectivity index (χ0n) is 19.5. The first-order valence-corrected chi connectivity index (χ1v) is 13.5. The molecule has 0 unspecified atom stereocenters. The summed E-state index contributed by atoms with van der Waals surface area (Å²) in [6.45, 7) is 0. The van der Waals surface area contributed by atoms with Gasteiger partial charge in [0.15, 0.2) is 5.82 Å². The van der Waals surface area contributed by atoms with Gasteiger partial charge in [0.25, 0.3) is 0 Å². The summed E-state index contributed by atoms with van der Waals surface area (Å²) in [7, 11) is 0. The molecule has 0 fully saturated rings. The van der Waals surface area contributed by atoms with Crippen LogP contribution < -0.4 is 5.32 Å². The Kier molecular flexibility index (Phi) is 7.80. The van der Waals surface area contributed by atoms with Gasteiger partial charge in [-0.25, -0.2) is 9.67 Å². The first-order chi connectivity index (χ1) is 17.8. The van der Waals surface area contributed by atoms with E-state index in [1.807, 2.05) is 108 Å². The lowest BCUT2D eigenvalue weighted by atomic mass is 10.2. The van der Waals surface area contributed by atoms with Gasteiger partial charge < -0.3 is 5.32 Å². The van der Waals surface area contributed by atoms with E-state index in [1.165, 1.54) is 17.3 Å². The Hall–Kier alpha value is -3.81. The van der Waals surface area contributed by atoms with Gasteiger partial charge in [0.2, 0.25) is 11.1 Å². The number of aromatic nitrogens is 3. The normalized spacial score (nSPS) is 10.8. The van der Waals surface area contributed by atoms with Gasteiger partial charge in [-0.15, -0.1) is 16.9 Å². The van der Waals surface area contributed by atoms with Crippen molar-refractivity contribution in [3.8, 4) is 17.1 Å². The predicted octanol–water partition coefficient (Wildman–Crippen LogP) is 6.96. The molecular weight excluding hydrogens is 484 g/mol. The summed E-state index contributed by atoms with van der Waals surface area (Å²) in [6, 6.07) is 38.0. The van der Waals surface area contributed by atoms with E-state index in [0.29, 0.717) is 5.16 Å². The van der Waals surface area contributed by atoms with Crippen molar-refractivity contribution >= 4 is 35.1 Å². The van der Waals surface area contributed by atoms with Crippen LogP contribution in [0.25, 0.3) is 17.1 Å². The highest BCUT2D eigenvalue weighted by atomic mass is 32.2. The Balaban J connectivity index is 1.27. The van der Waals surface area contributed by atoms with Crippen LogP contribution in [0.3, 0.4) is 0 Å². The van der Waals surface area contributed by atoms with E-state index >= 15 is 0 Å². The number of thioether (sulfide) groups is 2. The molecule has 0 aliphatic heterocycles. The summed E-state index contributed by atoms with van der Waals surface area (Å²) >= 11 is 3.03. The number of benzene rings is 4. The second-order valence-electron chi connectivity index (χ2n) is 7.94. The average molecular weight is 509 g/mol. The third-order valence-electron chi connectivity index (χ3n) is 5.35. The van der Waals surface area contributed by atoms with Crippen molar-refractivity contribution in [3.63, 3.8) is 0 Å². The molecule has 4 aromatic carbocycles. The topological polar surface area (TPSA) is 59.8 Å². The Bertz CT molecular complexity index is 1370. The maximum Gasteiger partial charge on any atom is 0.234 e. The highest BCUT2D eigenvalue weighted by Crippen LogP contribution is 2.30. The molecule has 1 amide bonds. The fourth-order valence-corrected chi connectivity index (χ4v) is 5.21. The van der Waals surface area contributed by atoms with Gasteiger partial charge in [0.05, 0.1) is 17.1 Å². The monoisotopic (exact) mass is 508 g/mol. The van der Waals surface area contributed by atoms with Gasteiger partial charge in [-0.05, 0) is 29.8 Å². The Morgan fingerprint density at radius 1 is 0.750 bits per heavy atom. The molecule has 0 radical (unpaired) electrons. The quantitative estimate of drug-likeness (QED) is 0.218. The van der Waals surface area contributed by atoms with Crippen LogP contribution in [-0.4, -0.2) is 26.4 Å². The molecule has 5 rings (SSSR count). The number of anilines is 1. The Labute approximate surface area is 219 Å². The molecule has 178 valence electrons. The van der Waals surface area contributed by atoms with Crippen molar-refractivity contribution in [1.29, 1.82) is 0 Å². The molecule has 1 heterocycles. The fourth-order valence-electron chi connectivity index (χ4n) is 3.63. The summed E-state index contributed by atoms with van der Waals surface area (Å²) in [5, 5.41) is 8.31. The van der Waals surface area contributed by atoms with Crippen LogP contribution in [-0.2, 0) is 10.5 Å². The van der Waals surface area contributed by atoms with Crippen LogP contribution in [0.1, 0.15) is 5.56 Å². The molecule has 0 aliphatic rings. The summed E-state index contributed by atoms with van der Waals surface area (Å²) in [6.07, 6.45) is 0. The second kappa shape index (κ2) is 11.7. The molecule has 0 bridgehead atoms. The Morgan fingerprint density at radius 3 is 2.14 bits per heavy atom. The van der Waals surface area contributed by atoms with E-state index in [2.05, 4.69) is 17.4 Å². The third-order valence-corrected chi connectivity index (χ3v) is 7.33. The molecule has 1 aromatic heterocycles. The van der Waals surface area contributed by atoms with E-state index in [-0.39, 0.29) is 11.7 Å². The van der Waals surface area contributed by atoms with Gasteiger partial charge in [0, 0.05) is 16.2 Å². The molecule has 0 saturated heterocycles.